The second-order valence-electron chi connectivity index (χ2n) is 6.85. The summed E-state index contributed by atoms with van der Waals surface area (Å²) >= 11 is 6.11. The standard InChI is InChI=1S/C23H19ClN2O3/c1-15-6-11-18(12-19(15)24)25-23(28)17-9-7-16(8-10-17)13-26-20-4-2-3-5-21(20)29-14-22(26)27/h2-12H,13-14H2,1H3,(H,25,28). The SMILES string of the molecule is Cc1ccc(NC(=O)c2ccc(CN3C(=O)COc4ccccc43)cc2)cc1Cl. The summed E-state index contributed by atoms with van der Waals surface area (Å²) in [5.41, 5.74) is 3.80. The first-order chi connectivity index (χ1) is 14.0. The van der Waals surface area contributed by atoms with E-state index < -0.39 is 0 Å². The van der Waals surface area contributed by atoms with E-state index in [9.17, 15) is 9.59 Å². The van der Waals surface area contributed by atoms with E-state index in [2.05, 4.69) is 5.32 Å². The predicted octanol–water partition coefficient (Wildman–Crippen LogP) is 4.83. The zero-order valence-corrected chi connectivity index (χ0v) is 16.6. The third kappa shape index (κ3) is 4.10. The first kappa shape index (κ1) is 19.0. The first-order valence-electron chi connectivity index (χ1n) is 9.20. The van der Waals surface area contributed by atoms with Crippen molar-refractivity contribution in [1.82, 2.24) is 0 Å². The van der Waals surface area contributed by atoms with E-state index >= 15 is 0 Å². The summed E-state index contributed by atoms with van der Waals surface area (Å²) in [6.07, 6.45) is 0. The van der Waals surface area contributed by atoms with Crippen molar-refractivity contribution in [3.63, 3.8) is 0 Å². The number of carbonyl (C=O) groups excluding carboxylic acids is 2. The van der Waals surface area contributed by atoms with Crippen LogP contribution < -0.4 is 15.0 Å². The Balaban J connectivity index is 1.47. The van der Waals surface area contributed by atoms with Crippen molar-refractivity contribution in [2.24, 2.45) is 0 Å². The molecule has 0 spiro atoms. The van der Waals surface area contributed by atoms with Crippen molar-refractivity contribution < 1.29 is 14.3 Å². The number of rotatable bonds is 4. The molecule has 1 aliphatic rings. The number of para-hydroxylation sites is 2. The molecule has 6 heteroatoms. The molecule has 0 unspecified atom stereocenters. The van der Waals surface area contributed by atoms with Gasteiger partial charge in [0.2, 0.25) is 0 Å². The van der Waals surface area contributed by atoms with E-state index in [0.717, 1.165) is 16.8 Å². The summed E-state index contributed by atoms with van der Waals surface area (Å²) in [5, 5.41) is 3.45. The van der Waals surface area contributed by atoms with Gasteiger partial charge in [-0.25, -0.2) is 0 Å². The fourth-order valence-electron chi connectivity index (χ4n) is 3.15. The molecular weight excluding hydrogens is 388 g/mol. The minimum atomic E-state index is -0.218. The van der Waals surface area contributed by atoms with Gasteiger partial charge in [0, 0.05) is 16.3 Å². The number of hydrogen-bond acceptors (Lipinski definition) is 3. The lowest BCUT2D eigenvalue weighted by Gasteiger charge is -2.29. The molecule has 29 heavy (non-hydrogen) atoms. The van der Waals surface area contributed by atoms with E-state index in [0.29, 0.717) is 28.6 Å². The van der Waals surface area contributed by atoms with Gasteiger partial charge in [0.25, 0.3) is 11.8 Å². The minimum absolute atomic E-state index is 0.0244. The van der Waals surface area contributed by atoms with Crippen LogP contribution in [0.1, 0.15) is 21.5 Å². The summed E-state index contributed by atoms with van der Waals surface area (Å²) in [6.45, 7) is 2.34. The number of benzene rings is 3. The van der Waals surface area contributed by atoms with Crippen LogP contribution >= 0.6 is 11.6 Å². The van der Waals surface area contributed by atoms with Gasteiger partial charge in [0.1, 0.15) is 5.75 Å². The Morgan fingerprint density at radius 2 is 1.86 bits per heavy atom. The predicted molar refractivity (Wildman–Crippen MR) is 114 cm³/mol. The molecule has 0 atom stereocenters. The third-order valence-corrected chi connectivity index (χ3v) is 5.20. The van der Waals surface area contributed by atoms with Gasteiger partial charge in [-0.3, -0.25) is 9.59 Å². The van der Waals surface area contributed by atoms with Gasteiger partial charge < -0.3 is 15.0 Å². The van der Waals surface area contributed by atoms with Crippen LogP contribution in [0.3, 0.4) is 0 Å². The second-order valence-corrected chi connectivity index (χ2v) is 7.26. The average molecular weight is 407 g/mol. The van der Waals surface area contributed by atoms with Crippen molar-refractivity contribution >= 4 is 34.8 Å². The molecular formula is C23H19ClN2O3. The third-order valence-electron chi connectivity index (χ3n) is 4.79. The molecule has 3 aromatic rings. The lowest BCUT2D eigenvalue weighted by Crippen LogP contribution is -2.38. The molecule has 0 fully saturated rings. The molecule has 0 radical (unpaired) electrons. The Kier molecular flexibility index (Phi) is 5.23. The lowest BCUT2D eigenvalue weighted by atomic mass is 10.1. The van der Waals surface area contributed by atoms with Gasteiger partial charge in [0.15, 0.2) is 6.61 Å². The van der Waals surface area contributed by atoms with E-state index in [4.69, 9.17) is 16.3 Å². The molecule has 0 saturated carbocycles. The molecule has 4 rings (SSSR count). The largest absolute Gasteiger partial charge is 0.482 e. The maximum Gasteiger partial charge on any atom is 0.265 e. The maximum atomic E-state index is 12.5. The number of ether oxygens (including phenoxy) is 1. The number of amides is 2. The van der Waals surface area contributed by atoms with E-state index in [1.54, 1.807) is 23.1 Å². The van der Waals surface area contributed by atoms with Crippen LogP contribution in [0.25, 0.3) is 0 Å². The van der Waals surface area contributed by atoms with E-state index in [1.807, 2.05) is 55.5 Å². The second kappa shape index (κ2) is 7.97. The van der Waals surface area contributed by atoms with Crippen LogP contribution in [0.4, 0.5) is 11.4 Å². The van der Waals surface area contributed by atoms with Crippen molar-refractivity contribution in [3.05, 3.63) is 88.4 Å². The monoisotopic (exact) mass is 406 g/mol. The molecule has 3 aromatic carbocycles. The normalized spacial score (nSPS) is 12.9. The molecule has 0 aromatic heterocycles. The van der Waals surface area contributed by atoms with Crippen LogP contribution in [0.15, 0.2) is 66.7 Å². The Morgan fingerprint density at radius 1 is 1.10 bits per heavy atom. The van der Waals surface area contributed by atoms with Crippen molar-refractivity contribution in [2.75, 3.05) is 16.8 Å². The number of aryl methyl sites for hydroxylation is 1. The molecule has 1 aliphatic heterocycles. The van der Waals surface area contributed by atoms with Gasteiger partial charge in [-0.1, -0.05) is 41.9 Å². The lowest BCUT2D eigenvalue weighted by molar-refractivity contribution is -0.121. The van der Waals surface area contributed by atoms with Crippen molar-refractivity contribution in [2.45, 2.75) is 13.5 Å². The highest BCUT2D eigenvalue weighted by molar-refractivity contribution is 6.31. The first-order valence-corrected chi connectivity index (χ1v) is 9.58. The van der Waals surface area contributed by atoms with Crippen LogP contribution in [0.5, 0.6) is 5.75 Å². The number of fused-ring (bicyclic) bond motifs is 1. The Labute approximate surface area is 173 Å². The minimum Gasteiger partial charge on any atom is -0.482 e. The number of carbonyl (C=O) groups is 2. The fraction of sp³-hybridized carbons (Fsp3) is 0.130. The zero-order chi connectivity index (χ0) is 20.4. The van der Waals surface area contributed by atoms with E-state index in [-0.39, 0.29) is 18.4 Å². The van der Waals surface area contributed by atoms with Gasteiger partial charge in [0.05, 0.1) is 12.2 Å². The number of nitrogens with one attached hydrogen (secondary N) is 1. The summed E-state index contributed by atoms with van der Waals surface area (Å²) in [7, 11) is 0. The number of nitrogens with zero attached hydrogens (tertiary/aromatic N) is 1. The van der Waals surface area contributed by atoms with Crippen molar-refractivity contribution in [1.29, 1.82) is 0 Å². The average Bonchev–Trinajstić information content (AvgIpc) is 2.73. The molecule has 1 N–H and O–H groups in total. The number of anilines is 2. The molecule has 146 valence electrons. The topological polar surface area (TPSA) is 58.6 Å². The van der Waals surface area contributed by atoms with Crippen LogP contribution in [0, 0.1) is 6.92 Å². The smallest absolute Gasteiger partial charge is 0.265 e. The molecule has 0 aliphatic carbocycles. The molecule has 5 nitrogen and oxygen atoms in total. The summed E-state index contributed by atoms with van der Waals surface area (Å²) in [5.74, 6) is 0.380. The van der Waals surface area contributed by atoms with Crippen LogP contribution in [-0.4, -0.2) is 18.4 Å². The Morgan fingerprint density at radius 3 is 2.62 bits per heavy atom. The molecule has 0 bridgehead atoms. The number of halogens is 1. The summed E-state index contributed by atoms with van der Waals surface area (Å²) in [6, 6.07) is 20.1. The van der Waals surface area contributed by atoms with Crippen molar-refractivity contribution in [3.8, 4) is 5.75 Å². The van der Waals surface area contributed by atoms with Crippen LogP contribution in [0.2, 0.25) is 5.02 Å². The summed E-state index contributed by atoms with van der Waals surface area (Å²) in [4.78, 5) is 26.5. The highest BCUT2D eigenvalue weighted by Gasteiger charge is 2.25. The molecule has 2 amide bonds. The number of hydrogen-bond donors (Lipinski definition) is 1. The van der Waals surface area contributed by atoms with Crippen LogP contribution in [-0.2, 0) is 11.3 Å². The maximum absolute atomic E-state index is 12.5. The zero-order valence-electron chi connectivity index (χ0n) is 15.8. The van der Waals surface area contributed by atoms with Gasteiger partial charge in [-0.05, 0) is 54.4 Å². The fourth-order valence-corrected chi connectivity index (χ4v) is 3.33. The highest BCUT2D eigenvalue weighted by Crippen LogP contribution is 2.32. The summed E-state index contributed by atoms with van der Waals surface area (Å²) < 4.78 is 5.47. The molecule has 1 heterocycles. The Bertz CT molecular complexity index is 1080. The van der Waals surface area contributed by atoms with Gasteiger partial charge >= 0.3 is 0 Å². The van der Waals surface area contributed by atoms with Gasteiger partial charge in [-0.15, -0.1) is 0 Å². The molecule has 0 saturated heterocycles. The quantitative estimate of drug-likeness (QED) is 0.675. The van der Waals surface area contributed by atoms with E-state index in [1.165, 1.54) is 0 Å². The van der Waals surface area contributed by atoms with Gasteiger partial charge in [-0.2, -0.15) is 0 Å². The Hall–Kier alpha value is -3.31. The highest BCUT2D eigenvalue weighted by atomic mass is 35.5.